The van der Waals surface area contributed by atoms with Crippen molar-refractivity contribution in [1.82, 2.24) is 20.4 Å². The van der Waals surface area contributed by atoms with Gasteiger partial charge in [-0.05, 0) is 25.5 Å². The molecule has 0 spiro atoms. The van der Waals surface area contributed by atoms with Gasteiger partial charge in [0, 0.05) is 25.0 Å². The zero-order valence-electron chi connectivity index (χ0n) is 11.0. The Bertz CT molecular complexity index is 599. The summed E-state index contributed by atoms with van der Waals surface area (Å²) >= 11 is 0. The average molecular weight is 258 g/mol. The topological polar surface area (TPSA) is 59.0 Å². The summed E-state index contributed by atoms with van der Waals surface area (Å²) in [5.41, 5.74) is 1.50. The minimum absolute atomic E-state index is 0.0782. The van der Waals surface area contributed by atoms with E-state index in [0.29, 0.717) is 5.69 Å². The number of rotatable bonds is 2. The van der Waals surface area contributed by atoms with Gasteiger partial charge in [0.05, 0.1) is 5.52 Å². The van der Waals surface area contributed by atoms with E-state index in [0.717, 1.165) is 36.8 Å². The lowest BCUT2D eigenvalue weighted by Gasteiger charge is -2.23. The van der Waals surface area contributed by atoms with Crippen molar-refractivity contribution in [3.63, 3.8) is 0 Å². The van der Waals surface area contributed by atoms with E-state index in [9.17, 15) is 4.79 Å². The first kappa shape index (κ1) is 12.2. The summed E-state index contributed by atoms with van der Waals surface area (Å²) in [4.78, 5) is 12.3. The van der Waals surface area contributed by atoms with Gasteiger partial charge in [-0.1, -0.05) is 18.2 Å². The van der Waals surface area contributed by atoms with E-state index in [1.54, 1.807) is 4.68 Å². The molecular weight excluding hydrogens is 240 g/mol. The molecule has 1 aromatic carbocycles. The highest BCUT2D eigenvalue weighted by Gasteiger charge is 2.20. The van der Waals surface area contributed by atoms with Crippen LogP contribution in [0.25, 0.3) is 10.9 Å². The summed E-state index contributed by atoms with van der Waals surface area (Å²) in [5.74, 6) is -0.0782. The van der Waals surface area contributed by atoms with Crippen molar-refractivity contribution >= 4 is 16.8 Å². The van der Waals surface area contributed by atoms with Gasteiger partial charge in [-0.2, -0.15) is 5.10 Å². The molecule has 1 amide bonds. The summed E-state index contributed by atoms with van der Waals surface area (Å²) in [7, 11) is 1.86. The number of benzene rings is 1. The highest BCUT2D eigenvalue weighted by atomic mass is 16.2. The number of amides is 1. The third kappa shape index (κ3) is 2.33. The van der Waals surface area contributed by atoms with Crippen molar-refractivity contribution in [3.8, 4) is 0 Å². The molecule has 2 heterocycles. The Labute approximate surface area is 112 Å². The van der Waals surface area contributed by atoms with Crippen LogP contribution >= 0.6 is 0 Å². The molecule has 2 aromatic rings. The van der Waals surface area contributed by atoms with Gasteiger partial charge in [0.2, 0.25) is 0 Å². The monoisotopic (exact) mass is 258 g/mol. The fourth-order valence-corrected chi connectivity index (χ4v) is 2.61. The van der Waals surface area contributed by atoms with Gasteiger partial charge < -0.3 is 10.6 Å². The van der Waals surface area contributed by atoms with Crippen LogP contribution in [0.3, 0.4) is 0 Å². The highest BCUT2D eigenvalue weighted by molar-refractivity contribution is 6.04. The number of nitrogens with zero attached hydrogens (tertiary/aromatic N) is 2. The number of hydrogen-bond donors (Lipinski definition) is 2. The summed E-state index contributed by atoms with van der Waals surface area (Å²) < 4.78 is 1.75. The Kier molecular flexibility index (Phi) is 3.21. The molecule has 2 N–H and O–H groups in total. The molecule has 0 unspecified atom stereocenters. The number of aryl methyl sites for hydroxylation is 1. The van der Waals surface area contributed by atoms with Crippen LogP contribution in [0.15, 0.2) is 24.3 Å². The van der Waals surface area contributed by atoms with Crippen LogP contribution in [-0.2, 0) is 7.05 Å². The largest absolute Gasteiger partial charge is 0.347 e. The van der Waals surface area contributed by atoms with E-state index >= 15 is 0 Å². The van der Waals surface area contributed by atoms with E-state index in [2.05, 4.69) is 15.7 Å². The molecule has 0 aliphatic carbocycles. The molecule has 3 rings (SSSR count). The van der Waals surface area contributed by atoms with Crippen LogP contribution in [0, 0.1) is 0 Å². The molecule has 1 fully saturated rings. The molecule has 100 valence electrons. The number of aromatic nitrogens is 2. The fourth-order valence-electron chi connectivity index (χ4n) is 2.61. The lowest BCUT2D eigenvalue weighted by Crippen LogP contribution is -2.45. The third-order valence-corrected chi connectivity index (χ3v) is 3.60. The second kappa shape index (κ2) is 5.01. The smallest absolute Gasteiger partial charge is 0.272 e. The number of fused-ring (bicyclic) bond motifs is 1. The number of nitrogens with one attached hydrogen (secondary N) is 2. The third-order valence-electron chi connectivity index (χ3n) is 3.60. The van der Waals surface area contributed by atoms with Crippen LogP contribution in [0.4, 0.5) is 0 Å². The minimum atomic E-state index is -0.0782. The number of piperidine rings is 1. The first-order valence-corrected chi connectivity index (χ1v) is 6.69. The van der Waals surface area contributed by atoms with Gasteiger partial charge in [0.15, 0.2) is 5.69 Å². The molecular formula is C14H18N4O. The first-order chi connectivity index (χ1) is 9.25. The molecule has 19 heavy (non-hydrogen) atoms. The van der Waals surface area contributed by atoms with E-state index in [1.165, 1.54) is 0 Å². The standard InChI is InChI=1S/C14H18N4O/c1-18-12-7-3-2-6-11(12)13(17-18)14(19)16-10-5-4-8-15-9-10/h2-3,6-7,10,15H,4-5,8-9H2,1H3,(H,16,19)/t10-/m0/s1. The molecule has 0 radical (unpaired) electrons. The predicted octanol–water partition coefficient (Wildman–Crippen LogP) is 1.06. The number of para-hydroxylation sites is 1. The quantitative estimate of drug-likeness (QED) is 0.846. The Balaban J connectivity index is 1.85. The van der Waals surface area contributed by atoms with Crippen molar-refractivity contribution in [2.45, 2.75) is 18.9 Å². The minimum Gasteiger partial charge on any atom is -0.347 e. The first-order valence-electron chi connectivity index (χ1n) is 6.69. The molecule has 1 aliphatic heterocycles. The van der Waals surface area contributed by atoms with E-state index in [-0.39, 0.29) is 11.9 Å². The van der Waals surface area contributed by atoms with Crippen LogP contribution in [0.2, 0.25) is 0 Å². The second-order valence-electron chi connectivity index (χ2n) is 5.01. The van der Waals surface area contributed by atoms with Crippen molar-refractivity contribution in [1.29, 1.82) is 0 Å². The number of hydrogen-bond acceptors (Lipinski definition) is 3. The summed E-state index contributed by atoms with van der Waals surface area (Å²) in [6.45, 7) is 1.88. The summed E-state index contributed by atoms with van der Waals surface area (Å²) in [6.07, 6.45) is 2.14. The molecule has 0 bridgehead atoms. The van der Waals surface area contributed by atoms with Crippen LogP contribution in [0.1, 0.15) is 23.3 Å². The maximum atomic E-state index is 12.3. The van der Waals surface area contributed by atoms with Crippen molar-refractivity contribution in [2.75, 3.05) is 13.1 Å². The molecule has 0 saturated carbocycles. The van der Waals surface area contributed by atoms with Crippen LogP contribution in [0.5, 0.6) is 0 Å². The Morgan fingerprint density at radius 2 is 2.32 bits per heavy atom. The van der Waals surface area contributed by atoms with Crippen molar-refractivity contribution in [2.24, 2.45) is 7.05 Å². The lowest BCUT2D eigenvalue weighted by atomic mass is 10.1. The lowest BCUT2D eigenvalue weighted by molar-refractivity contribution is 0.0926. The molecule has 1 aliphatic rings. The average Bonchev–Trinajstić information content (AvgIpc) is 2.78. The van der Waals surface area contributed by atoms with Crippen molar-refractivity contribution < 1.29 is 4.79 Å². The second-order valence-corrected chi connectivity index (χ2v) is 5.01. The summed E-state index contributed by atoms with van der Waals surface area (Å²) in [6, 6.07) is 8.01. The number of carbonyl (C=O) groups is 1. The maximum Gasteiger partial charge on any atom is 0.272 e. The Morgan fingerprint density at radius 3 is 3.11 bits per heavy atom. The van der Waals surface area contributed by atoms with Gasteiger partial charge in [0.1, 0.15) is 0 Å². The fraction of sp³-hybridized carbons (Fsp3) is 0.429. The molecule has 5 heteroatoms. The Morgan fingerprint density at radius 1 is 1.47 bits per heavy atom. The summed E-state index contributed by atoms with van der Waals surface area (Å²) in [5, 5.41) is 11.6. The van der Waals surface area contributed by atoms with Crippen LogP contribution in [-0.4, -0.2) is 34.8 Å². The van der Waals surface area contributed by atoms with E-state index in [4.69, 9.17) is 0 Å². The van der Waals surface area contributed by atoms with Gasteiger partial charge in [-0.15, -0.1) is 0 Å². The molecule has 1 saturated heterocycles. The van der Waals surface area contributed by atoms with Crippen molar-refractivity contribution in [3.05, 3.63) is 30.0 Å². The Hall–Kier alpha value is -1.88. The SMILES string of the molecule is Cn1nc(C(=O)N[C@H]2CCCNC2)c2ccccc21. The predicted molar refractivity (Wildman–Crippen MR) is 74.1 cm³/mol. The molecule has 1 atom stereocenters. The maximum absolute atomic E-state index is 12.3. The van der Waals surface area contributed by atoms with Gasteiger partial charge >= 0.3 is 0 Å². The molecule has 5 nitrogen and oxygen atoms in total. The number of carbonyl (C=O) groups excluding carboxylic acids is 1. The zero-order valence-corrected chi connectivity index (χ0v) is 11.0. The van der Waals surface area contributed by atoms with Gasteiger partial charge in [-0.3, -0.25) is 9.48 Å². The normalized spacial score (nSPS) is 19.5. The molecule has 1 aromatic heterocycles. The highest BCUT2D eigenvalue weighted by Crippen LogP contribution is 2.17. The zero-order chi connectivity index (χ0) is 13.2. The van der Waals surface area contributed by atoms with E-state index in [1.807, 2.05) is 31.3 Å². The van der Waals surface area contributed by atoms with Gasteiger partial charge in [0.25, 0.3) is 5.91 Å². The van der Waals surface area contributed by atoms with Gasteiger partial charge in [-0.25, -0.2) is 0 Å². The van der Waals surface area contributed by atoms with E-state index < -0.39 is 0 Å². The van der Waals surface area contributed by atoms with Crippen LogP contribution < -0.4 is 10.6 Å².